The molecule has 0 aliphatic carbocycles. The van der Waals surface area contributed by atoms with E-state index < -0.39 is 5.91 Å². The highest BCUT2D eigenvalue weighted by atomic mass is 35.5. The van der Waals surface area contributed by atoms with Gasteiger partial charge in [0, 0.05) is 12.7 Å². The Hall–Kier alpha value is -3.32. The zero-order chi connectivity index (χ0) is 18.5. The smallest absolute Gasteiger partial charge is 0.271 e. The molecule has 1 amide bonds. The topological polar surface area (TPSA) is 96.2 Å². The highest BCUT2D eigenvalue weighted by Crippen LogP contribution is 2.29. The summed E-state index contributed by atoms with van der Waals surface area (Å²) in [7, 11) is 1.85. The molecule has 0 radical (unpaired) electrons. The van der Waals surface area contributed by atoms with Gasteiger partial charge in [-0.05, 0) is 24.3 Å². The van der Waals surface area contributed by atoms with Crippen LogP contribution in [0.15, 0.2) is 60.9 Å². The van der Waals surface area contributed by atoms with E-state index in [0.717, 1.165) is 5.69 Å². The largest absolute Gasteiger partial charge is 0.393 e. The van der Waals surface area contributed by atoms with Crippen LogP contribution in [-0.2, 0) is 0 Å². The van der Waals surface area contributed by atoms with E-state index >= 15 is 0 Å². The van der Waals surface area contributed by atoms with Crippen LogP contribution in [-0.4, -0.2) is 22.9 Å². The number of nitrogen functional groups attached to an aromatic ring is 1. The maximum absolute atomic E-state index is 12.2. The lowest BCUT2D eigenvalue weighted by Gasteiger charge is -2.21. The summed E-state index contributed by atoms with van der Waals surface area (Å²) in [5, 5.41) is 0.354. The van der Waals surface area contributed by atoms with E-state index in [0.29, 0.717) is 22.1 Å². The van der Waals surface area contributed by atoms with Crippen LogP contribution < -0.4 is 21.5 Å². The standard InChI is InChI=1S/C18H17ClN6O/c1-25(12-7-3-2-4-8-12)17-15(20)16(21-11-22-17)23-24-18(26)13-9-5-6-10-14(13)19/h2-11H,20H2,1H3,(H,24,26)(H,21,22,23). The van der Waals surface area contributed by atoms with Gasteiger partial charge < -0.3 is 10.6 Å². The molecule has 1 heterocycles. The van der Waals surface area contributed by atoms with Crippen molar-refractivity contribution in [3.63, 3.8) is 0 Å². The number of benzene rings is 2. The molecule has 3 aromatic rings. The van der Waals surface area contributed by atoms with Crippen molar-refractivity contribution in [1.29, 1.82) is 0 Å². The summed E-state index contributed by atoms with van der Waals surface area (Å²) in [6.45, 7) is 0. The molecule has 132 valence electrons. The van der Waals surface area contributed by atoms with E-state index in [4.69, 9.17) is 17.3 Å². The lowest BCUT2D eigenvalue weighted by molar-refractivity contribution is 0.0962. The predicted octanol–water partition coefficient (Wildman–Crippen LogP) is 3.24. The van der Waals surface area contributed by atoms with E-state index in [1.165, 1.54) is 6.33 Å². The van der Waals surface area contributed by atoms with Gasteiger partial charge in [0.2, 0.25) is 0 Å². The molecule has 7 nitrogen and oxygen atoms in total. The van der Waals surface area contributed by atoms with Crippen molar-refractivity contribution < 1.29 is 4.79 Å². The van der Waals surface area contributed by atoms with Crippen LogP contribution in [0.5, 0.6) is 0 Å². The van der Waals surface area contributed by atoms with Gasteiger partial charge in [-0.3, -0.25) is 15.6 Å². The minimum absolute atomic E-state index is 0.290. The summed E-state index contributed by atoms with van der Waals surface area (Å²) in [6, 6.07) is 16.4. The van der Waals surface area contributed by atoms with Gasteiger partial charge in [-0.1, -0.05) is 41.9 Å². The van der Waals surface area contributed by atoms with E-state index in [9.17, 15) is 4.79 Å². The first-order valence-electron chi connectivity index (χ1n) is 7.78. The van der Waals surface area contributed by atoms with Crippen LogP contribution >= 0.6 is 11.6 Å². The zero-order valence-corrected chi connectivity index (χ0v) is 14.7. The number of anilines is 4. The van der Waals surface area contributed by atoms with Crippen molar-refractivity contribution in [3.05, 3.63) is 71.5 Å². The third-order valence-corrected chi connectivity index (χ3v) is 4.07. The number of carbonyl (C=O) groups excluding carboxylic acids is 1. The SMILES string of the molecule is CN(c1ccccc1)c1ncnc(NNC(=O)c2ccccc2Cl)c1N. The fourth-order valence-corrected chi connectivity index (χ4v) is 2.58. The number of hydrogen-bond donors (Lipinski definition) is 3. The number of nitrogens with two attached hydrogens (primary N) is 1. The highest BCUT2D eigenvalue weighted by Gasteiger charge is 2.15. The third-order valence-electron chi connectivity index (χ3n) is 3.74. The molecule has 0 fully saturated rings. The van der Waals surface area contributed by atoms with Gasteiger partial charge in [-0.15, -0.1) is 0 Å². The number of nitrogens with one attached hydrogen (secondary N) is 2. The second-order valence-corrected chi connectivity index (χ2v) is 5.82. The van der Waals surface area contributed by atoms with Crippen molar-refractivity contribution in [1.82, 2.24) is 15.4 Å². The van der Waals surface area contributed by atoms with Crippen LogP contribution in [0.4, 0.5) is 23.0 Å². The van der Waals surface area contributed by atoms with E-state index in [-0.39, 0.29) is 5.82 Å². The molecule has 0 unspecified atom stereocenters. The Kier molecular flexibility index (Phi) is 5.19. The number of hydrogen-bond acceptors (Lipinski definition) is 6. The maximum Gasteiger partial charge on any atom is 0.271 e. The predicted molar refractivity (Wildman–Crippen MR) is 103 cm³/mol. The van der Waals surface area contributed by atoms with Crippen LogP contribution in [0, 0.1) is 0 Å². The number of rotatable bonds is 5. The summed E-state index contributed by atoms with van der Waals surface area (Å²) >= 11 is 6.02. The second-order valence-electron chi connectivity index (χ2n) is 5.41. The first kappa shape index (κ1) is 17.5. The Morgan fingerprint density at radius 3 is 2.50 bits per heavy atom. The molecule has 4 N–H and O–H groups in total. The zero-order valence-electron chi connectivity index (χ0n) is 14.0. The van der Waals surface area contributed by atoms with Gasteiger partial charge in [0.05, 0.1) is 10.6 Å². The first-order chi connectivity index (χ1) is 12.6. The van der Waals surface area contributed by atoms with E-state index in [1.807, 2.05) is 42.3 Å². The molecule has 0 aliphatic heterocycles. The molecule has 3 rings (SSSR count). The molecule has 0 aliphatic rings. The fraction of sp³-hybridized carbons (Fsp3) is 0.0556. The summed E-state index contributed by atoms with van der Waals surface area (Å²) < 4.78 is 0. The first-order valence-corrected chi connectivity index (χ1v) is 8.16. The van der Waals surface area contributed by atoms with E-state index in [1.54, 1.807) is 24.3 Å². The quantitative estimate of drug-likeness (QED) is 0.598. The molecule has 0 atom stereocenters. The van der Waals surface area contributed by atoms with Gasteiger partial charge in [-0.2, -0.15) is 0 Å². The van der Waals surface area contributed by atoms with Gasteiger partial charge in [-0.25, -0.2) is 9.97 Å². The summed E-state index contributed by atoms with van der Waals surface area (Å²) in [5.41, 5.74) is 13.0. The molecule has 0 spiro atoms. The van der Waals surface area contributed by atoms with Gasteiger partial charge in [0.1, 0.15) is 12.0 Å². The van der Waals surface area contributed by atoms with Crippen LogP contribution in [0.3, 0.4) is 0 Å². The van der Waals surface area contributed by atoms with Gasteiger partial charge in [0.15, 0.2) is 11.6 Å². The van der Waals surface area contributed by atoms with Crippen LogP contribution in [0.25, 0.3) is 0 Å². The lowest BCUT2D eigenvalue weighted by atomic mass is 10.2. The van der Waals surface area contributed by atoms with E-state index in [2.05, 4.69) is 20.8 Å². The second kappa shape index (κ2) is 7.71. The number of para-hydroxylation sites is 1. The summed E-state index contributed by atoms with van der Waals surface area (Å²) in [6.07, 6.45) is 1.37. The van der Waals surface area contributed by atoms with Gasteiger partial charge >= 0.3 is 0 Å². The Bertz CT molecular complexity index is 919. The molecule has 0 saturated carbocycles. The average molecular weight is 369 g/mol. The number of nitrogens with zero attached hydrogens (tertiary/aromatic N) is 3. The van der Waals surface area contributed by atoms with Crippen molar-refractivity contribution in [2.24, 2.45) is 0 Å². The molecule has 0 bridgehead atoms. The minimum Gasteiger partial charge on any atom is -0.393 e. The van der Waals surface area contributed by atoms with Crippen molar-refractivity contribution >= 4 is 40.5 Å². The Morgan fingerprint density at radius 2 is 1.77 bits per heavy atom. The summed E-state index contributed by atoms with van der Waals surface area (Å²) in [4.78, 5) is 22.4. The maximum atomic E-state index is 12.2. The number of amides is 1. The number of hydrazine groups is 1. The van der Waals surface area contributed by atoms with Crippen LogP contribution in [0.1, 0.15) is 10.4 Å². The number of aromatic nitrogens is 2. The Morgan fingerprint density at radius 1 is 1.08 bits per heavy atom. The molecule has 2 aromatic carbocycles. The van der Waals surface area contributed by atoms with Crippen molar-refractivity contribution in [2.75, 3.05) is 23.1 Å². The molecular weight excluding hydrogens is 352 g/mol. The number of halogens is 1. The lowest BCUT2D eigenvalue weighted by Crippen LogP contribution is -2.30. The minimum atomic E-state index is -0.397. The molecule has 0 saturated heterocycles. The molecular formula is C18H17ClN6O. The van der Waals surface area contributed by atoms with Gasteiger partial charge in [0.25, 0.3) is 5.91 Å². The van der Waals surface area contributed by atoms with Crippen molar-refractivity contribution in [2.45, 2.75) is 0 Å². The average Bonchev–Trinajstić information content (AvgIpc) is 2.67. The monoisotopic (exact) mass is 368 g/mol. The Labute approximate surface area is 155 Å². The molecule has 8 heteroatoms. The third kappa shape index (κ3) is 3.68. The Balaban J connectivity index is 1.77. The highest BCUT2D eigenvalue weighted by molar-refractivity contribution is 6.33. The number of carbonyl (C=O) groups is 1. The van der Waals surface area contributed by atoms with Crippen LogP contribution in [0.2, 0.25) is 5.02 Å². The summed E-state index contributed by atoms with van der Waals surface area (Å²) in [5.74, 6) is 0.408. The fourth-order valence-electron chi connectivity index (χ4n) is 2.36. The van der Waals surface area contributed by atoms with Crippen molar-refractivity contribution in [3.8, 4) is 0 Å². The normalized spacial score (nSPS) is 10.2. The molecule has 26 heavy (non-hydrogen) atoms. The molecule has 1 aromatic heterocycles.